The SMILES string of the molecule is O=C1c2cc(-c3ccc(C(F)(F)F)cc3)ccc2-c2ccc(-c3ccc(C(F)(F)F)cc3)cc21. The first-order valence-electron chi connectivity index (χ1n) is 10.2. The Balaban J connectivity index is 1.47. The van der Waals surface area contributed by atoms with Crippen LogP contribution in [0.15, 0.2) is 84.9 Å². The van der Waals surface area contributed by atoms with Crippen molar-refractivity contribution in [1.29, 1.82) is 0 Å². The molecular weight excluding hydrogens is 454 g/mol. The second-order valence-corrected chi connectivity index (χ2v) is 8.00. The molecule has 0 amide bonds. The second kappa shape index (κ2) is 7.58. The lowest BCUT2D eigenvalue weighted by molar-refractivity contribution is -0.138. The van der Waals surface area contributed by atoms with Crippen molar-refractivity contribution in [3.8, 4) is 33.4 Å². The molecule has 0 aliphatic heterocycles. The number of carbonyl (C=O) groups is 1. The normalized spacial score (nSPS) is 13.1. The fourth-order valence-corrected chi connectivity index (χ4v) is 4.14. The van der Waals surface area contributed by atoms with Crippen molar-refractivity contribution in [3.63, 3.8) is 0 Å². The topological polar surface area (TPSA) is 17.1 Å². The fourth-order valence-electron chi connectivity index (χ4n) is 4.14. The fraction of sp³-hybridized carbons (Fsp3) is 0.0741. The highest BCUT2D eigenvalue weighted by Crippen LogP contribution is 2.41. The molecule has 5 rings (SSSR count). The van der Waals surface area contributed by atoms with Gasteiger partial charge in [-0.3, -0.25) is 4.79 Å². The number of halogens is 6. The van der Waals surface area contributed by atoms with Gasteiger partial charge in [-0.2, -0.15) is 26.3 Å². The first-order valence-corrected chi connectivity index (χ1v) is 10.2. The minimum absolute atomic E-state index is 0.243. The predicted octanol–water partition coefficient (Wildman–Crippen LogP) is 8.27. The van der Waals surface area contributed by atoms with Gasteiger partial charge in [0.15, 0.2) is 5.78 Å². The highest BCUT2D eigenvalue weighted by atomic mass is 19.4. The van der Waals surface area contributed by atoms with Crippen LogP contribution in [-0.4, -0.2) is 5.78 Å². The number of fused-ring (bicyclic) bond motifs is 3. The lowest BCUT2D eigenvalue weighted by Gasteiger charge is -2.09. The van der Waals surface area contributed by atoms with Crippen molar-refractivity contribution >= 4 is 5.78 Å². The first-order chi connectivity index (χ1) is 16.0. The average Bonchev–Trinajstić information content (AvgIpc) is 3.09. The molecule has 0 spiro atoms. The van der Waals surface area contributed by atoms with Crippen LogP contribution in [0.3, 0.4) is 0 Å². The van der Waals surface area contributed by atoms with Crippen LogP contribution in [-0.2, 0) is 12.4 Å². The van der Waals surface area contributed by atoms with E-state index in [4.69, 9.17) is 0 Å². The molecule has 0 saturated carbocycles. The maximum Gasteiger partial charge on any atom is 0.416 e. The number of carbonyl (C=O) groups excluding carboxylic acids is 1. The van der Waals surface area contributed by atoms with Gasteiger partial charge >= 0.3 is 12.4 Å². The molecule has 4 aromatic rings. The standard InChI is InChI=1S/C27H14F6O/c28-26(29,30)19-7-1-15(2-8-19)17-5-11-21-22-12-6-18(14-24(22)25(34)23(21)13-17)16-3-9-20(10-4-16)27(31,32)33/h1-14H. The van der Waals surface area contributed by atoms with E-state index in [1.165, 1.54) is 24.3 Å². The summed E-state index contributed by atoms with van der Waals surface area (Å²) >= 11 is 0. The van der Waals surface area contributed by atoms with Crippen molar-refractivity contribution in [2.45, 2.75) is 12.4 Å². The molecule has 0 fully saturated rings. The number of hydrogen-bond acceptors (Lipinski definition) is 1. The second-order valence-electron chi connectivity index (χ2n) is 8.00. The van der Waals surface area contributed by atoms with E-state index in [0.717, 1.165) is 24.3 Å². The van der Waals surface area contributed by atoms with E-state index in [1.807, 2.05) is 0 Å². The van der Waals surface area contributed by atoms with E-state index < -0.39 is 23.5 Å². The monoisotopic (exact) mass is 468 g/mol. The number of benzene rings is 4. The Morgan fingerprint density at radius 2 is 0.735 bits per heavy atom. The van der Waals surface area contributed by atoms with Gasteiger partial charge in [0.25, 0.3) is 0 Å². The summed E-state index contributed by atoms with van der Waals surface area (Å²) in [5, 5.41) is 0. The van der Waals surface area contributed by atoms with E-state index in [9.17, 15) is 31.1 Å². The number of hydrogen-bond donors (Lipinski definition) is 0. The Hall–Kier alpha value is -3.87. The molecule has 0 bridgehead atoms. The summed E-state index contributed by atoms with van der Waals surface area (Å²) in [5.74, 6) is -0.243. The molecule has 0 unspecified atom stereocenters. The van der Waals surface area contributed by atoms with Crippen LogP contribution in [0.1, 0.15) is 27.0 Å². The maximum atomic E-state index is 13.1. The minimum Gasteiger partial charge on any atom is -0.289 e. The van der Waals surface area contributed by atoms with Crippen molar-refractivity contribution < 1.29 is 31.1 Å². The Bertz CT molecular complexity index is 1300. The third-order valence-electron chi connectivity index (χ3n) is 5.91. The van der Waals surface area contributed by atoms with Crippen molar-refractivity contribution in [2.75, 3.05) is 0 Å². The van der Waals surface area contributed by atoms with Gasteiger partial charge in [-0.25, -0.2) is 0 Å². The minimum atomic E-state index is -4.43. The molecule has 0 saturated heterocycles. The summed E-state index contributed by atoms with van der Waals surface area (Å²) in [4.78, 5) is 13.1. The van der Waals surface area contributed by atoms with E-state index >= 15 is 0 Å². The third kappa shape index (κ3) is 3.77. The quantitative estimate of drug-likeness (QED) is 0.238. The van der Waals surface area contributed by atoms with E-state index in [0.29, 0.717) is 44.5 Å². The number of ketones is 1. The van der Waals surface area contributed by atoms with Crippen LogP contribution in [0.2, 0.25) is 0 Å². The predicted molar refractivity (Wildman–Crippen MR) is 116 cm³/mol. The molecule has 4 aromatic carbocycles. The zero-order valence-electron chi connectivity index (χ0n) is 17.3. The summed E-state index contributed by atoms with van der Waals surface area (Å²) in [6.45, 7) is 0. The van der Waals surface area contributed by atoms with Crippen LogP contribution in [0.5, 0.6) is 0 Å². The van der Waals surface area contributed by atoms with Gasteiger partial charge in [-0.1, -0.05) is 48.5 Å². The summed E-state index contributed by atoms with van der Waals surface area (Å²) < 4.78 is 77.0. The van der Waals surface area contributed by atoms with E-state index in [-0.39, 0.29) is 5.78 Å². The zero-order valence-corrected chi connectivity index (χ0v) is 17.3. The Morgan fingerprint density at radius 1 is 0.412 bits per heavy atom. The van der Waals surface area contributed by atoms with Crippen LogP contribution in [0.4, 0.5) is 26.3 Å². The lowest BCUT2D eigenvalue weighted by atomic mass is 9.97. The Labute approximate surface area is 190 Å². The van der Waals surface area contributed by atoms with E-state index in [2.05, 4.69) is 0 Å². The van der Waals surface area contributed by atoms with Gasteiger partial charge in [0, 0.05) is 11.1 Å². The molecule has 1 aliphatic rings. The molecule has 0 aromatic heterocycles. The van der Waals surface area contributed by atoms with Crippen LogP contribution < -0.4 is 0 Å². The molecule has 34 heavy (non-hydrogen) atoms. The van der Waals surface area contributed by atoms with Gasteiger partial charge in [0.2, 0.25) is 0 Å². The average molecular weight is 468 g/mol. The number of alkyl halides is 6. The summed E-state index contributed by atoms with van der Waals surface area (Å²) in [6, 6.07) is 19.7. The number of rotatable bonds is 2. The summed E-state index contributed by atoms with van der Waals surface area (Å²) in [7, 11) is 0. The summed E-state index contributed by atoms with van der Waals surface area (Å²) in [6.07, 6.45) is -8.86. The molecule has 1 nitrogen and oxygen atoms in total. The van der Waals surface area contributed by atoms with Crippen molar-refractivity contribution in [3.05, 3.63) is 107 Å². The van der Waals surface area contributed by atoms with Gasteiger partial charge < -0.3 is 0 Å². The molecule has 0 radical (unpaired) electrons. The van der Waals surface area contributed by atoms with Gasteiger partial charge in [-0.05, 0) is 69.8 Å². The Kier molecular flexibility index (Phi) is 4.90. The van der Waals surface area contributed by atoms with Crippen LogP contribution >= 0.6 is 0 Å². The highest BCUT2D eigenvalue weighted by Gasteiger charge is 2.31. The smallest absolute Gasteiger partial charge is 0.289 e. The van der Waals surface area contributed by atoms with Gasteiger partial charge in [0.05, 0.1) is 11.1 Å². The van der Waals surface area contributed by atoms with Crippen LogP contribution in [0.25, 0.3) is 33.4 Å². The third-order valence-corrected chi connectivity index (χ3v) is 5.91. The van der Waals surface area contributed by atoms with E-state index in [1.54, 1.807) is 36.4 Å². The summed E-state index contributed by atoms with van der Waals surface area (Å²) in [5.41, 5.74) is 3.06. The largest absolute Gasteiger partial charge is 0.416 e. The van der Waals surface area contributed by atoms with Crippen molar-refractivity contribution in [2.24, 2.45) is 0 Å². The maximum absolute atomic E-state index is 13.1. The van der Waals surface area contributed by atoms with Crippen LogP contribution in [0, 0.1) is 0 Å². The lowest BCUT2D eigenvalue weighted by Crippen LogP contribution is -2.04. The molecule has 0 N–H and O–H groups in total. The van der Waals surface area contributed by atoms with Crippen molar-refractivity contribution in [1.82, 2.24) is 0 Å². The molecule has 1 aliphatic carbocycles. The molecule has 7 heteroatoms. The molecule has 0 atom stereocenters. The first kappa shape index (κ1) is 21.9. The highest BCUT2D eigenvalue weighted by molar-refractivity contribution is 6.22. The molecule has 0 heterocycles. The molecular formula is C27H14F6O. The Morgan fingerprint density at radius 3 is 1.06 bits per heavy atom. The molecule has 170 valence electrons. The van der Waals surface area contributed by atoms with Gasteiger partial charge in [-0.15, -0.1) is 0 Å². The zero-order chi connectivity index (χ0) is 24.3. The van der Waals surface area contributed by atoms with Gasteiger partial charge in [0.1, 0.15) is 0 Å².